The largest absolute Gasteiger partial charge is 0.496 e. The number of carbonyl (C=O) groups is 2. The zero-order valence-corrected chi connectivity index (χ0v) is 20.4. The van der Waals surface area contributed by atoms with E-state index in [-0.39, 0.29) is 24.6 Å². The van der Waals surface area contributed by atoms with Crippen LogP contribution in [0.5, 0.6) is 5.75 Å². The van der Waals surface area contributed by atoms with Crippen molar-refractivity contribution >= 4 is 12.1 Å². The van der Waals surface area contributed by atoms with E-state index >= 15 is 0 Å². The lowest BCUT2D eigenvalue weighted by molar-refractivity contribution is -0.161. The van der Waals surface area contributed by atoms with Crippen LogP contribution < -0.4 is 10.6 Å². The molecule has 1 aliphatic heterocycles. The number of amides is 1. The molecule has 180 valence electrons. The quantitative estimate of drug-likeness (QED) is 0.497. The highest BCUT2D eigenvalue weighted by molar-refractivity contribution is 5.74. The van der Waals surface area contributed by atoms with E-state index in [0.29, 0.717) is 31.7 Å². The van der Waals surface area contributed by atoms with Gasteiger partial charge in [0.15, 0.2) is 0 Å². The zero-order valence-electron chi connectivity index (χ0n) is 20.4. The third kappa shape index (κ3) is 7.67. The van der Waals surface area contributed by atoms with Crippen LogP contribution in [-0.4, -0.2) is 48.4 Å². The number of nitrogens with zero attached hydrogens (tertiary/aromatic N) is 1. The molecular formula is C24H38N2O6. The van der Waals surface area contributed by atoms with Crippen molar-refractivity contribution in [3.8, 4) is 5.75 Å². The van der Waals surface area contributed by atoms with E-state index in [1.165, 1.54) is 0 Å². The minimum absolute atomic E-state index is 0.0336. The van der Waals surface area contributed by atoms with Crippen LogP contribution in [0.2, 0.25) is 0 Å². The number of nitrogens with two attached hydrogens (primary N) is 1. The molecule has 1 heterocycles. The van der Waals surface area contributed by atoms with Gasteiger partial charge in [-0.2, -0.15) is 0 Å². The van der Waals surface area contributed by atoms with Gasteiger partial charge in [-0.25, -0.2) is 10.7 Å². The summed E-state index contributed by atoms with van der Waals surface area (Å²) in [6.07, 6.45) is 0.830. The van der Waals surface area contributed by atoms with E-state index in [1.807, 2.05) is 59.7 Å². The van der Waals surface area contributed by atoms with Gasteiger partial charge in [0.1, 0.15) is 17.0 Å². The molecule has 8 heteroatoms. The summed E-state index contributed by atoms with van der Waals surface area (Å²) < 4.78 is 16.6. The van der Waals surface area contributed by atoms with Crippen LogP contribution in [0.1, 0.15) is 59.1 Å². The Morgan fingerprint density at radius 2 is 1.78 bits per heavy atom. The summed E-state index contributed by atoms with van der Waals surface area (Å²) in [5.41, 5.74) is 0.586. The van der Waals surface area contributed by atoms with Crippen LogP contribution in [0.15, 0.2) is 18.2 Å². The molecule has 0 unspecified atom stereocenters. The summed E-state index contributed by atoms with van der Waals surface area (Å²) in [6, 6.07) is 5.71. The standard InChI is InChI=1S/C24H38N2O6/c1-23(2,3)31-21(27)19(13-16-8-9-20(29-7)18(12-16)15-30-25)17-10-11-26(14-17)22(28)32-24(4,5)6/h8-9,12,17,19H,10-11,13-15,25H2,1-7H3/t17-,19-/m0/s1. The fourth-order valence-electron chi connectivity index (χ4n) is 3.84. The molecule has 1 amide bonds. The summed E-state index contributed by atoms with van der Waals surface area (Å²) in [5.74, 6) is 5.23. The molecule has 8 nitrogen and oxygen atoms in total. The van der Waals surface area contributed by atoms with Crippen LogP contribution in [0.3, 0.4) is 0 Å². The first kappa shape index (κ1) is 25.9. The molecular weight excluding hydrogens is 412 g/mol. The topological polar surface area (TPSA) is 100 Å². The average molecular weight is 451 g/mol. The second-order valence-corrected chi connectivity index (χ2v) is 10.3. The number of benzene rings is 1. The Hall–Kier alpha value is -2.32. The fourth-order valence-corrected chi connectivity index (χ4v) is 3.84. The number of esters is 1. The fraction of sp³-hybridized carbons (Fsp3) is 0.667. The SMILES string of the molecule is COc1ccc(C[C@H](C(=O)OC(C)(C)C)[C@H]2CCN(C(=O)OC(C)(C)C)C2)cc1CON. The van der Waals surface area contributed by atoms with Crippen LogP contribution in [-0.2, 0) is 32.1 Å². The predicted octanol–water partition coefficient (Wildman–Crippen LogP) is 3.84. The van der Waals surface area contributed by atoms with Gasteiger partial charge in [-0.1, -0.05) is 6.07 Å². The summed E-state index contributed by atoms with van der Waals surface area (Å²) in [4.78, 5) is 32.2. The van der Waals surface area contributed by atoms with Crippen molar-refractivity contribution in [3.63, 3.8) is 0 Å². The van der Waals surface area contributed by atoms with Crippen molar-refractivity contribution in [1.29, 1.82) is 0 Å². The van der Waals surface area contributed by atoms with Gasteiger partial charge in [-0.3, -0.25) is 9.63 Å². The lowest BCUT2D eigenvalue weighted by atomic mass is 9.85. The molecule has 0 bridgehead atoms. The van der Waals surface area contributed by atoms with Crippen molar-refractivity contribution in [2.75, 3.05) is 20.2 Å². The summed E-state index contributed by atoms with van der Waals surface area (Å²) in [7, 11) is 1.59. The van der Waals surface area contributed by atoms with Gasteiger partial charge in [0.2, 0.25) is 0 Å². The molecule has 1 aliphatic rings. The van der Waals surface area contributed by atoms with Crippen molar-refractivity contribution in [3.05, 3.63) is 29.3 Å². The Bertz CT molecular complexity index is 797. The smallest absolute Gasteiger partial charge is 0.410 e. The van der Waals surface area contributed by atoms with E-state index < -0.39 is 17.1 Å². The number of hydrogen-bond donors (Lipinski definition) is 1. The Kier molecular flexibility index (Phi) is 8.54. The molecule has 2 atom stereocenters. The number of methoxy groups -OCH3 is 1. The Morgan fingerprint density at radius 1 is 1.12 bits per heavy atom. The van der Waals surface area contributed by atoms with E-state index in [2.05, 4.69) is 0 Å². The second-order valence-electron chi connectivity index (χ2n) is 10.3. The van der Waals surface area contributed by atoms with Gasteiger partial charge in [-0.15, -0.1) is 0 Å². The lowest BCUT2D eigenvalue weighted by Crippen LogP contribution is -2.38. The van der Waals surface area contributed by atoms with Gasteiger partial charge in [0.25, 0.3) is 0 Å². The molecule has 1 aromatic rings. The summed E-state index contributed by atoms with van der Waals surface area (Å²) in [5, 5.41) is 0. The highest BCUT2D eigenvalue weighted by Crippen LogP contribution is 2.32. The minimum atomic E-state index is -0.600. The molecule has 0 radical (unpaired) electrons. The molecule has 1 fully saturated rings. The van der Waals surface area contributed by atoms with Gasteiger partial charge >= 0.3 is 12.1 Å². The number of likely N-dealkylation sites (tertiary alicyclic amines) is 1. The normalized spacial score (nSPS) is 17.8. The first-order valence-corrected chi connectivity index (χ1v) is 11.0. The molecule has 0 spiro atoms. The third-order valence-electron chi connectivity index (χ3n) is 5.19. The van der Waals surface area contributed by atoms with E-state index in [4.69, 9.17) is 24.9 Å². The lowest BCUT2D eigenvalue weighted by Gasteiger charge is -2.28. The highest BCUT2D eigenvalue weighted by atomic mass is 16.6. The average Bonchev–Trinajstić information content (AvgIpc) is 3.14. The van der Waals surface area contributed by atoms with E-state index in [1.54, 1.807) is 12.0 Å². The number of ether oxygens (including phenoxy) is 3. The highest BCUT2D eigenvalue weighted by Gasteiger charge is 2.39. The predicted molar refractivity (Wildman–Crippen MR) is 121 cm³/mol. The Balaban J connectivity index is 2.23. The Morgan fingerprint density at radius 3 is 2.34 bits per heavy atom. The monoisotopic (exact) mass is 450 g/mol. The van der Waals surface area contributed by atoms with Crippen LogP contribution in [0, 0.1) is 11.8 Å². The van der Waals surface area contributed by atoms with Crippen LogP contribution in [0.4, 0.5) is 4.79 Å². The molecule has 32 heavy (non-hydrogen) atoms. The number of hydrogen-bond acceptors (Lipinski definition) is 7. The van der Waals surface area contributed by atoms with Gasteiger partial charge in [-0.05, 0) is 78.0 Å². The maximum absolute atomic E-state index is 13.2. The zero-order chi connectivity index (χ0) is 24.1. The molecule has 1 saturated heterocycles. The van der Waals surface area contributed by atoms with Gasteiger partial charge in [0, 0.05) is 18.7 Å². The molecule has 2 rings (SSSR count). The van der Waals surface area contributed by atoms with Crippen molar-refractivity contribution in [1.82, 2.24) is 4.90 Å². The Labute approximate surface area is 191 Å². The van der Waals surface area contributed by atoms with Crippen molar-refractivity contribution in [2.45, 2.75) is 72.2 Å². The molecule has 2 N–H and O–H groups in total. The number of carbonyl (C=O) groups excluding carboxylic acids is 2. The molecule has 0 aliphatic carbocycles. The molecule has 0 saturated carbocycles. The first-order valence-electron chi connectivity index (χ1n) is 11.0. The van der Waals surface area contributed by atoms with Gasteiger partial charge in [0.05, 0.1) is 19.6 Å². The summed E-state index contributed by atoms with van der Waals surface area (Å²) >= 11 is 0. The number of rotatable bonds is 7. The first-order chi connectivity index (χ1) is 14.8. The van der Waals surface area contributed by atoms with Crippen molar-refractivity contribution in [2.24, 2.45) is 17.7 Å². The minimum Gasteiger partial charge on any atom is -0.496 e. The van der Waals surface area contributed by atoms with Crippen LogP contribution in [0.25, 0.3) is 0 Å². The third-order valence-corrected chi connectivity index (χ3v) is 5.19. The second kappa shape index (κ2) is 10.5. The maximum Gasteiger partial charge on any atom is 0.410 e. The van der Waals surface area contributed by atoms with Crippen LogP contribution >= 0.6 is 0 Å². The molecule has 1 aromatic carbocycles. The van der Waals surface area contributed by atoms with Gasteiger partial charge < -0.3 is 19.1 Å². The molecule has 0 aromatic heterocycles. The maximum atomic E-state index is 13.2. The van der Waals surface area contributed by atoms with E-state index in [0.717, 1.165) is 11.1 Å². The summed E-state index contributed by atoms with van der Waals surface area (Å²) in [6.45, 7) is 12.3. The van der Waals surface area contributed by atoms with E-state index in [9.17, 15) is 9.59 Å². The van der Waals surface area contributed by atoms with Crippen molar-refractivity contribution < 1.29 is 28.6 Å².